The van der Waals surface area contributed by atoms with Crippen molar-refractivity contribution in [2.75, 3.05) is 5.32 Å². The van der Waals surface area contributed by atoms with Gasteiger partial charge in [-0.2, -0.15) is 0 Å². The number of amides is 2. The van der Waals surface area contributed by atoms with Crippen molar-refractivity contribution >= 4 is 39.2 Å². The molecule has 0 bridgehead atoms. The maximum Gasteiger partial charge on any atom is 0.268 e. The molecule has 0 aliphatic heterocycles. The highest BCUT2D eigenvalue weighted by molar-refractivity contribution is 7.14. The molecule has 0 spiro atoms. The third kappa shape index (κ3) is 3.23. The molecule has 0 saturated heterocycles. The minimum Gasteiger partial charge on any atom is -0.488 e. The molecule has 7 nitrogen and oxygen atoms in total. The molecule has 2 heterocycles. The van der Waals surface area contributed by atoms with Crippen LogP contribution in [-0.4, -0.2) is 27.9 Å². The molecule has 3 aromatic rings. The highest BCUT2D eigenvalue weighted by Crippen LogP contribution is 2.34. The van der Waals surface area contributed by atoms with Gasteiger partial charge in [0.05, 0.1) is 0 Å². The van der Waals surface area contributed by atoms with Crippen LogP contribution in [0.5, 0.6) is 5.75 Å². The van der Waals surface area contributed by atoms with Crippen molar-refractivity contribution in [2.24, 2.45) is 11.7 Å². The molecule has 2 aromatic heterocycles. The molecule has 3 N–H and O–H groups in total. The topological polar surface area (TPSA) is 107 Å². The lowest BCUT2D eigenvalue weighted by atomic mass is 9.81. The summed E-state index contributed by atoms with van der Waals surface area (Å²) in [4.78, 5) is 31.7. The lowest BCUT2D eigenvalue weighted by Crippen LogP contribution is -2.40. The third-order valence-electron chi connectivity index (χ3n) is 4.34. The van der Waals surface area contributed by atoms with E-state index < -0.39 is 5.91 Å². The van der Waals surface area contributed by atoms with Crippen LogP contribution >= 0.6 is 11.3 Å². The van der Waals surface area contributed by atoms with Gasteiger partial charge in [0.25, 0.3) is 5.91 Å². The molecule has 1 saturated carbocycles. The molecular formula is C18H16N4O3S. The van der Waals surface area contributed by atoms with E-state index in [2.05, 4.69) is 15.3 Å². The quantitative estimate of drug-likeness (QED) is 0.720. The molecule has 1 aliphatic rings. The van der Waals surface area contributed by atoms with Crippen molar-refractivity contribution < 1.29 is 14.3 Å². The number of hydrogen-bond acceptors (Lipinski definition) is 6. The van der Waals surface area contributed by atoms with E-state index in [0.717, 1.165) is 16.7 Å². The van der Waals surface area contributed by atoms with Gasteiger partial charge in [-0.05, 0) is 25.0 Å². The summed E-state index contributed by atoms with van der Waals surface area (Å²) in [6.45, 7) is 0. The minimum absolute atomic E-state index is 0.0177. The number of nitrogens with two attached hydrogens (primary N) is 1. The molecular weight excluding hydrogens is 352 g/mol. The highest BCUT2D eigenvalue weighted by Gasteiger charge is 2.36. The number of anilines is 1. The van der Waals surface area contributed by atoms with Crippen molar-refractivity contribution in [3.8, 4) is 5.75 Å². The molecule has 26 heavy (non-hydrogen) atoms. The number of fused-ring (bicyclic) bond motifs is 1. The SMILES string of the molecule is NC(=O)c1csc(NC(=O)[C@H]2C[C@H](Oc3cccc4cccnc34)C2)n1. The molecule has 1 aliphatic carbocycles. The number of carbonyl (C=O) groups is 2. The lowest BCUT2D eigenvalue weighted by Gasteiger charge is -2.34. The summed E-state index contributed by atoms with van der Waals surface area (Å²) in [6.07, 6.45) is 2.98. The van der Waals surface area contributed by atoms with Crippen LogP contribution in [0.4, 0.5) is 5.13 Å². The van der Waals surface area contributed by atoms with Crippen molar-refractivity contribution in [3.63, 3.8) is 0 Å². The summed E-state index contributed by atoms with van der Waals surface area (Å²) in [6, 6.07) is 9.68. The van der Waals surface area contributed by atoms with Crippen molar-refractivity contribution in [2.45, 2.75) is 18.9 Å². The maximum absolute atomic E-state index is 12.3. The van der Waals surface area contributed by atoms with E-state index in [1.807, 2.05) is 30.3 Å². The Morgan fingerprint density at radius 1 is 1.23 bits per heavy atom. The van der Waals surface area contributed by atoms with Gasteiger partial charge in [0.2, 0.25) is 5.91 Å². The number of thiazole rings is 1. The molecule has 0 radical (unpaired) electrons. The van der Waals surface area contributed by atoms with Gasteiger partial charge in [0.1, 0.15) is 23.1 Å². The smallest absolute Gasteiger partial charge is 0.268 e. The average Bonchev–Trinajstić information content (AvgIpc) is 3.06. The Hall–Kier alpha value is -3.00. The van der Waals surface area contributed by atoms with E-state index in [1.54, 1.807) is 6.20 Å². The predicted octanol–water partition coefficient (Wildman–Crippen LogP) is 2.59. The van der Waals surface area contributed by atoms with Gasteiger partial charge in [0, 0.05) is 22.9 Å². The normalized spacial score (nSPS) is 18.9. The first kappa shape index (κ1) is 16.5. The Balaban J connectivity index is 1.34. The summed E-state index contributed by atoms with van der Waals surface area (Å²) < 4.78 is 6.01. The first-order valence-corrected chi connectivity index (χ1v) is 9.04. The van der Waals surface area contributed by atoms with Gasteiger partial charge < -0.3 is 15.8 Å². The van der Waals surface area contributed by atoms with E-state index in [4.69, 9.17) is 10.5 Å². The molecule has 0 atom stereocenters. The number of hydrogen-bond donors (Lipinski definition) is 2. The summed E-state index contributed by atoms with van der Waals surface area (Å²) in [7, 11) is 0. The number of primary amides is 1. The highest BCUT2D eigenvalue weighted by atomic mass is 32.1. The van der Waals surface area contributed by atoms with Crippen LogP contribution in [0.15, 0.2) is 41.9 Å². The van der Waals surface area contributed by atoms with Gasteiger partial charge in [-0.3, -0.25) is 14.6 Å². The Kier molecular flexibility index (Phi) is 4.26. The minimum atomic E-state index is -0.609. The molecule has 2 amide bonds. The molecule has 1 fully saturated rings. The zero-order chi connectivity index (χ0) is 18.1. The van der Waals surface area contributed by atoms with E-state index in [1.165, 1.54) is 16.7 Å². The van der Waals surface area contributed by atoms with Gasteiger partial charge in [-0.15, -0.1) is 11.3 Å². The Bertz CT molecular complexity index is 976. The largest absolute Gasteiger partial charge is 0.488 e. The van der Waals surface area contributed by atoms with Gasteiger partial charge >= 0.3 is 0 Å². The van der Waals surface area contributed by atoms with Crippen molar-refractivity contribution in [3.05, 3.63) is 47.6 Å². The Labute approximate surface area is 153 Å². The summed E-state index contributed by atoms with van der Waals surface area (Å²) >= 11 is 1.18. The number of nitrogens with one attached hydrogen (secondary N) is 1. The number of aromatic nitrogens is 2. The van der Waals surface area contributed by atoms with Crippen LogP contribution in [0.1, 0.15) is 23.3 Å². The van der Waals surface area contributed by atoms with E-state index in [9.17, 15) is 9.59 Å². The van der Waals surface area contributed by atoms with Crippen LogP contribution < -0.4 is 15.8 Å². The van der Waals surface area contributed by atoms with Gasteiger partial charge in [-0.25, -0.2) is 4.98 Å². The molecule has 8 heteroatoms. The van der Waals surface area contributed by atoms with E-state index in [0.29, 0.717) is 18.0 Å². The van der Waals surface area contributed by atoms with Crippen LogP contribution in [0.25, 0.3) is 10.9 Å². The summed E-state index contributed by atoms with van der Waals surface area (Å²) in [5.41, 5.74) is 6.14. The first-order chi connectivity index (χ1) is 12.6. The Morgan fingerprint density at radius 3 is 2.81 bits per heavy atom. The average molecular weight is 368 g/mol. The zero-order valence-corrected chi connectivity index (χ0v) is 14.5. The predicted molar refractivity (Wildman–Crippen MR) is 98.1 cm³/mol. The Morgan fingerprint density at radius 2 is 2.04 bits per heavy atom. The van der Waals surface area contributed by atoms with Crippen LogP contribution in [0.2, 0.25) is 0 Å². The summed E-state index contributed by atoms with van der Waals surface area (Å²) in [5.74, 6) is -0.129. The van der Waals surface area contributed by atoms with E-state index in [-0.39, 0.29) is 23.6 Å². The van der Waals surface area contributed by atoms with Crippen molar-refractivity contribution in [1.82, 2.24) is 9.97 Å². The molecule has 0 unspecified atom stereocenters. The second kappa shape index (κ2) is 6.72. The summed E-state index contributed by atoms with van der Waals surface area (Å²) in [5, 5.41) is 5.65. The standard InChI is InChI=1S/C18H16N4O3S/c19-16(23)13-9-26-18(21-13)22-17(24)11-7-12(8-11)25-14-5-1-3-10-4-2-6-20-15(10)14/h1-6,9,11-12H,7-8H2,(H2,19,23)(H,21,22,24)/t11-,12-. The number of carbonyl (C=O) groups excluding carboxylic acids is 2. The number of ether oxygens (including phenoxy) is 1. The maximum atomic E-state index is 12.3. The third-order valence-corrected chi connectivity index (χ3v) is 5.10. The fourth-order valence-electron chi connectivity index (χ4n) is 2.88. The van der Waals surface area contributed by atoms with Gasteiger partial charge in [-0.1, -0.05) is 18.2 Å². The number of benzene rings is 1. The van der Waals surface area contributed by atoms with Crippen molar-refractivity contribution in [1.29, 1.82) is 0 Å². The fourth-order valence-corrected chi connectivity index (χ4v) is 3.58. The molecule has 132 valence electrons. The molecule has 4 rings (SSSR count). The number of para-hydroxylation sites is 1. The van der Waals surface area contributed by atoms with Crippen LogP contribution in [-0.2, 0) is 4.79 Å². The molecule has 1 aromatic carbocycles. The second-order valence-electron chi connectivity index (χ2n) is 6.13. The first-order valence-electron chi connectivity index (χ1n) is 8.17. The van der Waals surface area contributed by atoms with Crippen LogP contribution in [0.3, 0.4) is 0 Å². The zero-order valence-electron chi connectivity index (χ0n) is 13.7. The number of nitrogens with zero attached hydrogens (tertiary/aromatic N) is 2. The fraction of sp³-hybridized carbons (Fsp3) is 0.222. The second-order valence-corrected chi connectivity index (χ2v) is 6.99. The lowest BCUT2D eigenvalue weighted by molar-refractivity contribution is -0.125. The number of rotatable bonds is 5. The van der Waals surface area contributed by atoms with Gasteiger partial charge in [0.15, 0.2) is 5.13 Å². The number of pyridine rings is 1. The van der Waals surface area contributed by atoms with E-state index >= 15 is 0 Å². The van der Waals surface area contributed by atoms with Crippen LogP contribution in [0, 0.1) is 5.92 Å². The monoisotopic (exact) mass is 368 g/mol.